The first kappa shape index (κ1) is 12.6. The van der Waals surface area contributed by atoms with E-state index in [-0.39, 0.29) is 0 Å². The molecule has 21 heavy (non-hydrogen) atoms. The van der Waals surface area contributed by atoms with Gasteiger partial charge < -0.3 is 4.90 Å². The summed E-state index contributed by atoms with van der Waals surface area (Å²) in [5, 5.41) is 3.80. The normalized spacial score (nSPS) is 15.8. The van der Waals surface area contributed by atoms with E-state index in [2.05, 4.69) is 54.3 Å². The van der Waals surface area contributed by atoms with Crippen LogP contribution in [0, 0.1) is 6.92 Å². The van der Waals surface area contributed by atoms with Gasteiger partial charge >= 0.3 is 0 Å². The van der Waals surface area contributed by atoms with Crippen molar-refractivity contribution in [3.63, 3.8) is 0 Å². The van der Waals surface area contributed by atoms with Gasteiger partial charge in [-0.15, -0.1) is 0 Å². The number of benzene rings is 2. The number of pyridine rings is 1. The van der Waals surface area contributed by atoms with Crippen molar-refractivity contribution in [1.82, 2.24) is 4.98 Å². The maximum atomic E-state index is 5.01. The van der Waals surface area contributed by atoms with Crippen molar-refractivity contribution in [2.75, 3.05) is 18.0 Å². The fourth-order valence-electron chi connectivity index (χ4n) is 3.40. The van der Waals surface area contributed by atoms with Gasteiger partial charge in [0.05, 0.1) is 5.52 Å². The first-order chi connectivity index (χ1) is 10.3. The van der Waals surface area contributed by atoms with Gasteiger partial charge in [-0.1, -0.05) is 36.4 Å². The van der Waals surface area contributed by atoms with Crippen LogP contribution in [0.5, 0.6) is 0 Å². The van der Waals surface area contributed by atoms with Crippen molar-refractivity contribution in [2.24, 2.45) is 0 Å². The molecule has 4 rings (SSSR count). The summed E-state index contributed by atoms with van der Waals surface area (Å²) in [5.74, 6) is 1.15. The highest BCUT2D eigenvalue weighted by Gasteiger charge is 2.14. The number of piperidine rings is 1. The lowest BCUT2D eigenvalue weighted by Gasteiger charge is -2.28. The molecule has 0 aliphatic carbocycles. The summed E-state index contributed by atoms with van der Waals surface area (Å²) in [6.45, 7) is 4.48. The van der Waals surface area contributed by atoms with Crippen LogP contribution in [0.1, 0.15) is 24.8 Å². The Bertz CT molecular complexity index is 801. The third-order valence-electron chi connectivity index (χ3n) is 4.58. The Morgan fingerprint density at radius 1 is 0.905 bits per heavy atom. The van der Waals surface area contributed by atoms with Crippen LogP contribution in [0.4, 0.5) is 5.82 Å². The highest BCUT2D eigenvalue weighted by atomic mass is 15.2. The van der Waals surface area contributed by atoms with Crippen molar-refractivity contribution < 1.29 is 0 Å². The molecule has 3 aromatic rings. The number of nitrogens with zero attached hydrogens (tertiary/aromatic N) is 2. The number of hydrogen-bond acceptors (Lipinski definition) is 2. The molecule has 1 aliphatic rings. The van der Waals surface area contributed by atoms with E-state index in [0.29, 0.717) is 0 Å². The standard InChI is InChI=1S/C19H20N2/c1-14-13-18(21-11-5-2-6-12-21)20-19-16(14)10-9-15-7-3-4-8-17(15)19/h3-4,7-10,13H,2,5-6,11-12H2,1H3. The van der Waals surface area contributed by atoms with Crippen LogP contribution in [0.3, 0.4) is 0 Å². The summed E-state index contributed by atoms with van der Waals surface area (Å²) in [4.78, 5) is 7.46. The molecule has 1 aromatic heterocycles. The van der Waals surface area contributed by atoms with Gasteiger partial charge in [0, 0.05) is 23.9 Å². The average molecular weight is 276 g/mol. The molecule has 0 unspecified atom stereocenters. The number of aryl methyl sites for hydroxylation is 1. The Morgan fingerprint density at radius 3 is 2.57 bits per heavy atom. The highest BCUT2D eigenvalue weighted by molar-refractivity contribution is 6.06. The molecule has 1 saturated heterocycles. The maximum absolute atomic E-state index is 5.01. The van der Waals surface area contributed by atoms with Gasteiger partial charge in [0.25, 0.3) is 0 Å². The Hall–Kier alpha value is -2.09. The van der Waals surface area contributed by atoms with Crippen molar-refractivity contribution in [3.05, 3.63) is 48.0 Å². The first-order valence-corrected chi connectivity index (χ1v) is 7.87. The van der Waals surface area contributed by atoms with E-state index in [1.54, 1.807) is 0 Å². The maximum Gasteiger partial charge on any atom is 0.129 e. The molecule has 2 nitrogen and oxygen atoms in total. The lowest BCUT2D eigenvalue weighted by atomic mass is 10.0. The van der Waals surface area contributed by atoms with E-state index in [0.717, 1.165) is 24.4 Å². The smallest absolute Gasteiger partial charge is 0.129 e. The molecule has 0 atom stereocenters. The third-order valence-corrected chi connectivity index (χ3v) is 4.58. The van der Waals surface area contributed by atoms with Gasteiger partial charge in [-0.05, 0) is 43.2 Å². The van der Waals surface area contributed by atoms with Crippen LogP contribution in [-0.4, -0.2) is 18.1 Å². The molecule has 2 heteroatoms. The fraction of sp³-hybridized carbons (Fsp3) is 0.316. The minimum Gasteiger partial charge on any atom is -0.357 e. The van der Waals surface area contributed by atoms with Gasteiger partial charge in [-0.25, -0.2) is 4.98 Å². The van der Waals surface area contributed by atoms with Gasteiger partial charge in [0.2, 0.25) is 0 Å². The van der Waals surface area contributed by atoms with Crippen LogP contribution in [0.15, 0.2) is 42.5 Å². The summed E-state index contributed by atoms with van der Waals surface area (Å²) in [5.41, 5.74) is 2.47. The van der Waals surface area contributed by atoms with Crippen LogP contribution in [0.25, 0.3) is 21.7 Å². The molecule has 2 heterocycles. The van der Waals surface area contributed by atoms with Gasteiger partial charge in [-0.3, -0.25) is 0 Å². The molecule has 0 N–H and O–H groups in total. The lowest BCUT2D eigenvalue weighted by molar-refractivity contribution is 0.574. The molecule has 0 spiro atoms. The van der Waals surface area contributed by atoms with E-state index in [1.165, 1.54) is 41.0 Å². The summed E-state index contributed by atoms with van der Waals surface area (Å²) >= 11 is 0. The number of rotatable bonds is 1. The minimum atomic E-state index is 1.14. The van der Waals surface area contributed by atoms with Gasteiger partial charge in [0.1, 0.15) is 5.82 Å². The Labute approximate surface area is 125 Å². The second-order valence-electron chi connectivity index (χ2n) is 6.03. The Balaban J connectivity index is 1.96. The van der Waals surface area contributed by atoms with Crippen LogP contribution in [-0.2, 0) is 0 Å². The Kier molecular flexibility index (Phi) is 3.03. The van der Waals surface area contributed by atoms with E-state index >= 15 is 0 Å². The molecule has 0 bridgehead atoms. The molecule has 1 aliphatic heterocycles. The largest absolute Gasteiger partial charge is 0.357 e. The zero-order chi connectivity index (χ0) is 14.2. The summed E-state index contributed by atoms with van der Waals surface area (Å²) < 4.78 is 0. The molecule has 1 fully saturated rings. The number of aromatic nitrogens is 1. The quantitative estimate of drug-likeness (QED) is 0.600. The molecular formula is C19H20N2. The second kappa shape index (κ2) is 5.03. The predicted octanol–water partition coefficient (Wildman–Crippen LogP) is 4.69. The molecule has 0 amide bonds. The summed E-state index contributed by atoms with van der Waals surface area (Å²) in [6.07, 6.45) is 3.93. The average Bonchev–Trinajstić information content (AvgIpc) is 2.55. The first-order valence-electron chi connectivity index (χ1n) is 7.87. The van der Waals surface area contributed by atoms with Crippen LogP contribution >= 0.6 is 0 Å². The summed E-state index contributed by atoms with van der Waals surface area (Å²) in [6, 6.07) is 15.2. The number of fused-ring (bicyclic) bond motifs is 3. The molecule has 0 saturated carbocycles. The van der Waals surface area contributed by atoms with Crippen LogP contribution in [0.2, 0.25) is 0 Å². The molecule has 106 valence electrons. The summed E-state index contributed by atoms with van der Waals surface area (Å²) in [7, 11) is 0. The monoisotopic (exact) mass is 276 g/mol. The zero-order valence-corrected chi connectivity index (χ0v) is 12.5. The zero-order valence-electron chi connectivity index (χ0n) is 12.5. The van der Waals surface area contributed by atoms with Crippen molar-refractivity contribution >= 4 is 27.5 Å². The van der Waals surface area contributed by atoms with E-state index in [1.807, 2.05) is 0 Å². The molecule has 2 aromatic carbocycles. The molecular weight excluding hydrogens is 256 g/mol. The van der Waals surface area contributed by atoms with Crippen molar-refractivity contribution in [2.45, 2.75) is 26.2 Å². The van der Waals surface area contributed by atoms with E-state index in [4.69, 9.17) is 4.98 Å². The van der Waals surface area contributed by atoms with Gasteiger partial charge in [-0.2, -0.15) is 0 Å². The fourth-order valence-corrected chi connectivity index (χ4v) is 3.40. The molecule has 0 radical (unpaired) electrons. The minimum absolute atomic E-state index is 1.14. The van der Waals surface area contributed by atoms with Gasteiger partial charge in [0.15, 0.2) is 0 Å². The topological polar surface area (TPSA) is 16.1 Å². The van der Waals surface area contributed by atoms with Crippen LogP contribution < -0.4 is 4.90 Å². The lowest BCUT2D eigenvalue weighted by Crippen LogP contribution is -2.30. The number of hydrogen-bond donors (Lipinski definition) is 0. The Morgan fingerprint density at radius 2 is 1.71 bits per heavy atom. The SMILES string of the molecule is Cc1cc(N2CCCCC2)nc2c1ccc1ccccc12. The van der Waals surface area contributed by atoms with E-state index in [9.17, 15) is 0 Å². The van der Waals surface area contributed by atoms with E-state index < -0.39 is 0 Å². The van der Waals surface area contributed by atoms with Crippen molar-refractivity contribution in [1.29, 1.82) is 0 Å². The predicted molar refractivity (Wildman–Crippen MR) is 90.1 cm³/mol. The second-order valence-corrected chi connectivity index (χ2v) is 6.03. The van der Waals surface area contributed by atoms with Crippen molar-refractivity contribution in [3.8, 4) is 0 Å². The third kappa shape index (κ3) is 2.15. The highest BCUT2D eigenvalue weighted by Crippen LogP contribution is 2.29. The number of anilines is 1.